The fourth-order valence-electron chi connectivity index (χ4n) is 4.09. The summed E-state index contributed by atoms with van der Waals surface area (Å²) in [6.45, 7) is 7.98. The van der Waals surface area contributed by atoms with Gasteiger partial charge in [0.2, 0.25) is 0 Å². The second-order valence-corrected chi connectivity index (χ2v) is 9.14. The number of aliphatic hydroxyl groups is 1. The Balaban J connectivity index is 0.000000383. The number of carbonyl (C=O) groups is 3. The van der Waals surface area contributed by atoms with Gasteiger partial charge in [0.25, 0.3) is 5.69 Å². The Morgan fingerprint density at radius 3 is 2.07 bits per heavy atom. The van der Waals surface area contributed by atoms with Crippen molar-refractivity contribution in [3.05, 3.63) is 64.0 Å². The largest absolute Gasteiger partial charge is 0.497 e. The zero-order valence-electron chi connectivity index (χ0n) is 23.0. The van der Waals surface area contributed by atoms with Crippen molar-refractivity contribution < 1.29 is 44.5 Å². The number of methoxy groups -OCH3 is 1. The van der Waals surface area contributed by atoms with Gasteiger partial charge in [0.1, 0.15) is 11.6 Å². The third-order valence-corrected chi connectivity index (χ3v) is 6.36. The number of carboxylic acid groups (broad SMARTS) is 3. The number of imidazole rings is 1. The fraction of sp³-hybridized carbons (Fsp3) is 0.407. The molecule has 1 heterocycles. The third-order valence-electron chi connectivity index (χ3n) is 6.36. The predicted octanol–water partition coefficient (Wildman–Crippen LogP) is 2.64. The predicted molar refractivity (Wildman–Crippen MR) is 147 cm³/mol. The first-order chi connectivity index (χ1) is 19.3. The van der Waals surface area contributed by atoms with Crippen molar-refractivity contribution in [1.82, 2.24) is 14.5 Å². The van der Waals surface area contributed by atoms with Crippen LogP contribution in [0.25, 0.3) is 11.0 Å². The summed E-state index contributed by atoms with van der Waals surface area (Å²) in [6, 6.07) is 12.8. The monoisotopic (exact) mass is 574 g/mol. The topological polar surface area (TPSA) is 206 Å². The highest BCUT2D eigenvalue weighted by molar-refractivity contribution is 5.88. The molecule has 1 aromatic heterocycles. The molecule has 0 unspecified atom stereocenters. The highest BCUT2D eigenvalue weighted by Gasteiger charge is 2.40. The minimum absolute atomic E-state index is 0.0666. The molecule has 14 heteroatoms. The van der Waals surface area contributed by atoms with Crippen LogP contribution >= 0.6 is 0 Å². The van der Waals surface area contributed by atoms with Crippen LogP contribution in [-0.2, 0) is 27.3 Å². The molecule has 0 aliphatic carbocycles. The number of likely N-dealkylation sites (N-methyl/N-ethyl adjacent to an activating group) is 1. The van der Waals surface area contributed by atoms with E-state index in [1.807, 2.05) is 24.3 Å². The van der Waals surface area contributed by atoms with Gasteiger partial charge in [0, 0.05) is 31.6 Å². The highest BCUT2D eigenvalue weighted by Crippen LogP contribution is 2.24. The first-order valence-electron chi connectivity index (χ1n) is 12.7. The lowest BCUT2D eigenvalue weighted by molar-refractivity contribution is -0.384. The lowest BCUT2D eigenvalue weighted by Crippen LogP contribution is -2.42. The van der Waals surface area contributed by atoms with Crippen LogP contribution < -0.4 is 4.74 Å². The summed E-state index contributed by atoms with van der Waals surface area (Å²) >= 11 is 0. The summed E-state index contributed by atoms with van der Waals surface area (Å²) in [5, 5.41) is 44.9. The number of aliphatic carboxylic acids is 3. The number of nitro benzene ring substituents is 1. The van der Waals surface area contributed by atoms with Crippen LogP contribution in [0.4, 0.5) is 5.69 Å². The Bertz CT molecular complexity index is 1350. The van der Waals surface area contributed by atoms with Crippen LogP contribution in [0.5, 0.6) is 5.75 Å². The van der Waals surface area contributed by atoms with Gasteiger partial charge in [-0.15, -0.1) is 0 Å². The van der Waals surface area contributed by atoms with Gasteiger partial charge < -0.3 is 34.6 Å². The first-order valence-corrected chi connectivity index (χ1v) is 12.7. The number of ether oxygens (including phenoxy) is 1. The first kappa shape index (κ1) is 32.7. The van der Waals surface area contributed by atoms with Gasteiger partial charge in [-0.05, 0) is 36.9 Å². The lowest BCUT2D eigenvalue weighted by atomic mass is 9.96. The molecule has 0 fully saturated rings. The molecule has 0 bridgehead atoms. The van der Waals surface area contributed by atoms with Crippen LogP contribution in [0.3, 0.4) is 0 Å². The van der Waals surface area contributed by atoms with Crippen LogP contribution in [0.1, 0.15) is 38.1 Å². The number of fused-ring (bicyclic) bond motifs is 1. The molecule has 14 nitrogen and oxygen atoms in total. The maximum absolute atomic E-state index is 11.1. The Morgan fingerprint density at radius 1 is 1.02 bits per heavy atom. The molecule has 0 amide bonds. The Labute approximate surface area is 235 Å². The zero-order chi connectivity index (χ0) is 30.7. The van der Waals surface area contributed by atoms with E-state index in [1.54, 1.807) is 25.3 Å². The molecule has 3 rings (SSSR count). The minimum atomic E-state index is -2.74. The van der Waals surface area contributed by atoms with Crippen molar-refractivity contribution in [2.75, 3.05) is 26.7 Å². The van der Waals surface area contributed by atoms with E-state index in [2.05, 4.69) is 23.3 Å². The van der Waals surface area contributed by atoms with Gasteiger partial charge in [-0.1, -0.05) is 26.0 Å². The zero-order valence-corrected chi connectivity index (χ0v) is 23.0. The van der Waals surface area contributed by atoms with Crippen LogP contribution in [0.15, 0.2) is 42.5 Å². The number of non-ortho nitro benzene ring substituents is 1. The van der Waals surface area contributed by atoms with Gasteiger partial charge in [0.15, 0.2) is 5.60 Å². The molecule has 0 saturated heterocycles. The number of hydrogen-bond donors (Lipinski definition) is 4. The molecule has 4 N–H and O–H groups in total. The summed E-state index contributed by atoms with van der Waals surface area (Å²) in [5.41, 5.74) is 0.0441. The normalized spacial score (nSPS) is 11.1. The second kappa shape index (κ2) is 14.7. The number of carboxylic acids is 3. The molecule has 0 radical (unpaired) electrons. The Kier molecular flexibility index (Phi) is 11.7. The fourth-order valence-corrected chi connectivity index (χ4v) is 4.09. The van der Waals surface area contributed by atoms with Crippen LogP contribution in [-0.4, -0.2) is 90.1 Å². The van der Waals surface area contributed by atoms with E-state index in [0.717, 1.165) is 48.8 Å². The third kappa shape index (κ3) is 9.25. The van der Waals surface area contributed by atoms with Gasteiger partial charge in [-0.2, -0.15) is 0 Å². The number of nitrogens with zero attached hydrogens (tertiary/aromatic N) is 4. The minimum Gasteiger partial charge on any atom is -0.497 e. The summed E-state index contributed by atoms with van der Waals surface area (Å²) in [7, 11) is 1.65. The highest BCUT2D eigenvalue weighted by atomic mass is 16.6. The van der Waals surface area contributed by atoms with E-state index in [0.29, 0.717) is 11.9 Å². The Morgan fingerprint density at radius 2 is 1.61 bits per heavy atom. The van der Waals surface area contributed by atoms with Crippen molar-refractivity contribution in [2.24, 2.45) is 0 Å². The van der Waals surface area contributed by atoms with Crippen molar-refractivity contribution in [1.29, 1.82) is 0 Å². The van der Waals surface area contributed by atoms with Crippen LogP contribution in [0, 0.1) is 10.1 Å². The van der Waals surface area contributed by atoms with Gasteiger partial charge >= 0.3 is 17.9 Å². The molecular formula is C27H34N4O10. The smallest absolute Gasteiger partial charge is 0.336 e. The van der Waals surface area contributed by atoms with Crippen LogP contribution in [0.2, 0.25) is 0 Å². The van der Waals surface area contributed by atoms with E-state index in [1.165, 1.54) is 0 Å². The summed E-state index contributed by atoms with van der Waals surface area (Å²) in [5.74, 6) is -3.29. The van der Waals surface area contributed by atoms with Gasteiger partial charge in [-0.3, -0.25) is 19.7 Å². The van der Waals surface area contributed by atoms with Crippen molar-refractivity contribution >= 4 is 34.6 Å². The molecule has 3 aromatic rings. The number of hydrogen-bond acceptors (Lipinski definition) is 9. The van der Waals surface area contributed by atoms with E-state index in [4.69, 9.17) is 30.1 Å². The molecular weight excluding hydrogens is 540 g/mol. The van der Waals surface area contributed by atoms with Crippen molar-refractivity contribution in [2.45, 2.75) is 45.3 Å². The number of nitro groups is 1. The van der Waals surface area contributed by atoms with E-state index in [9.17, 15) is 24.5 Å². The number of aromatic nitrogens is 2. The summed E-state index contributed by atoms with van der Waals surface area (Å²) < 4.78 is 7.41. The lowest BCUT2D eigenvalue weighted by Gasteiger charge is -2.19. The van der Waals surface area contributed by atoms with Gasteiger partial charge in [0.05, 0.1) is 35.9 Å². The molecule has 0 aliphatic heterocycles. The molecule has 0 spiro atoms. The maximum atomic E-state index is 11.1. The SMILES string of the molecule is CCN(CC)CCn1c(Cc2ccc(OC)cc2)nc2cc([N+](=O)[O-])ccc21.O=C(O)CC(O)(CC(=O)O)C(=O)O. The standard InChI is InChI=1S/C21H26N4O3.C6H8O7/c1-4-23(5-2)12-13-24-20-11-8-17(25(26)27)15-19(20)22-21(24)14-16-6-9-18(28-3)10-7-16;7-3(8)1-6(13,5(11)12)2-4(9)10/h6-11,15H,4-5,12-14H2,1-3H3;13H,1-2H2,(H,7,8)(H,9,10)(H,11,12). The van der Waals surface area contributed by atoms with E-state index in [-0.39, 0.29) is 10.6 Å². The molecule has 0 saturated carbocycles. The van der Waals surface area contributed by atoms with Gasteiger partial charge in [-0.25, -0.2) is 9.78 Å². The number of benzene rings is 2. The van der Waals surface area contributed by atoms with E-state index < -0.39 is 36.4 Å². The molecule has 222 valence electrons. The summed E-state index contributed by atoms with van der Waals surface area (Å²) in [6.07, 6.45) is -1.63. The molecule has 0 atom stereocenters. The second-order valence-electron chi connectivity index (χ2n) is 9.14. The molecule has 41 heavy (non-hydrogen) atoms. The maximum Gasteiger partial charge on any atom is 0.336 e. The van der Waals surface area contributed by atoms with Crippen molar-refractivity contribution in [3.8, 4) is 5.75 Å². The average molecular weight is 575 g/mol. The van der Waals surface area contributed by atoms with E-state index >= 15 is 0 Å². The number of rotatable bonds is 14. The Hall–Kier alpha value is -4.56. The average Bonchev–Trinajstić information content (AvgIpc) is 3.25. The molecule has 0 aliphatic rings. The molecule has 2 aromatic carbocycles. The summed E-state index contributed by atoms with van der Waals surface area (Å²) in [4.78, 5) is 48.3. The quantitative estimate of drug-likeness (QED) is 0.162. The van der Waals surface area contributed by atoms with Crippen molar-refractivity contribution in [3.63, 3.8) is 0 Å².